The lowest BCUT2D eigenvalue weighted by Gasteiger charge is -2.16. The van der Waals surface area contributed by atoms with Crippen LogP contribution in [0.4, 0.5) is 5.69 Å². The molecule has 0 aliphatic heterocycles. The number of non-ortho nitro benzene ring substituents is 1. The Balaban J connectivity index is 2.62. The van der Waals surface area contributed by atoms with Crippen molar-refractivity contribution in [2.45, 2.75) is 32.8 Å². The summed E-state index contributed by atoms with van der Waals surface area (Å²) in [6.07, 6.45) is 0. The van der Waals surface area contributed by atoms with E-state index in [-0.39, 0.29) is 22.9 Å². The van der Waals surface area contributed by atoms with Crippen LogP contribution in [-0.2, 0) is 12.0 Å². The maximum atomic E-state index is 10.9. The largest absolute Gasteiger partial charge is 0.391 e. The van der Waals surface area contributed by atoms with E-state index in [9.17, 15) is 15.2 Å². The van der Waals surface area contributed by atoms with E-state index in [0.29, 0.717) is 16.9 Å². The summed E-state index contributed by atoms with van der Waals surface area (Å²) in [5.74, 6) is 0. The summed E-state index contributed by atoms with van der Waals surface area (Å²) in [7, 11) is 0. The normalized spacial score (nSPS) is 11.7. The predicted molar refractivity (Wildman–Crippen MR) is 79.9 cm³/mol. The van der Waals surface area contributed by atoms with Gasteiger partial charge in [0, 0.05) is 23.1 Å². The van der Waals surface area contributed by atoms with Crippen molar-refractivity contribution in [2.24, 2.45) is 0 Å². The van der Waals surface area contributed by atoms with Gasteiger partial charge in [0.25, 0.3) is 5.69 Å². The van der Waals surface area contributed by atoms with E-state index in [1.807, 2.05) is 20.8 Å². The van der Waals surface area contributed by atoms with E-state index in [1.165, 1.54) is 16.8 Å². The topological polar surface area (TPSA) is 81.2 Å². The molecular formula is C14H16ClN3O3. The van der Waals surface area contributed by atoms with Crippen LogP contribution in [0.2, 0.25) is 5.15 Å². The highest BCUT2D eigenvalue weighted by Gasteiger charge is 2.26. The van der Waals surface area contributed by atoms with Crippen molar-refractivity contribution in [3.05, 3.63) is 50.8 Å². The highest BCUT2D eigenvalue weighted by molar-refractivity contribution is 6.30. The number of aliphatic hydroxyl groups excluding tert-OH is 1. The Hall–Kier alpha value is -1.92. The maximum Gasteiger partial charge on any atom is 0.271 e. The summed E-state index contributed by atoms with van der Waals surface area (Å²) < 4.78 is 1.42. The minimum absolute atomic E-state index is 0.0399. The quantitative estimate of drug-likeness (QED) is 0.697. The van der Waals surface area contributed by atoms with Gasteiger partial charge in [0.05, 0.1) is 22.9 Å². The first-order chi connectivity index (χ1) is 9.75. The number of aliphatic hydroxyl groups is 1. The number of aromatic nitrogens is 2. The highest BCUT2D eigenvalue weighted by atomic mass is 35.5. The fourth-order valence-corrected chi connectivity index (χ4v) is 2.37. The summed E-state index contributed by atoms with van der Waals surface area (Å²) in [5.41, 5.74) is 1.35. The van der Waals surface area contributed by atoms with Gasteiger partial charge in [0.1, 0.15) is 5.15 Å². The molecule has 1 aromatic carbocycles. The molecule has 0 saturated carbocycles. The number of nitrogens with zero attached hydrogens (tertiary/aromatic N) is 3. The summed E-state index contributed by atoms with van der Waals surface area (Å²) >= 11 is 6.27. The molecule has 0 saturated heterocycles. The van der Waals surface area contributed by atoms with Gasteiger partial charge in [-0.15, -0.1) is 0 Å². The van der Waals surface area contributed by atoms with Crippen LogP contribution in [0.15, 0.2) is 24.3 Å². The average Bonchev–Trinajstić information content (AvgIpc) is 2.75. The smallest absolute Gasteiger partial charge is 0.271 e. The van der Waals surface area contributed by atoms with Gasteiger partial charge in [-0.25, -0.2) is 4.68 Å². The van der Waals surface area contributed by atoms with Crippen LogP contribution in [0, 0.1) is 10.1 Å². The molecule has 21 heavy (non-hydrogen) atoms. The summed E-state index contributed by atoms with van der Waals surface area (Å²) in [4.78, 5) is 10.4. The van der Waals surface area contributed by atoms with Crippen molar-refractivity contribution in [3.63, 3.8) is 0 Å². The molecule has 0 spiro atoms. The van der Waals surface area contributed by atoms with E-state index < -0.39 is 4.92 Å². The maximum absolute atomic E-state index is 10.9. The molecule has 7 heteroatoms. The summed E-state index contributed by atoms with van der Waals surface area (Å²) in [5, 5.41) is 25.1. The van der Waals surface area contributed by atoms with Gasteiger partial charge in [0.15, 0.2) is 0 Å². The minimum atomic E-state index is -0.474. The molecule has 0 atom stereocenters. The van der Waals surface area contributed by atoms with Crippen LogP contribution in [0.25, 0.3) is 5.69 Å². The number of benzene rings is 1. The van der Waals surface area contributed by atoms with E-state index in [0.717, 1.165) is 0 Å². The molecule has 0 aliphatic rings. The second kappa shape index (κ2) is 5.46. The van der Waals surface area contributed by atoms with Gasteiger partial charge < -0.3 is 5.11 Å². The molecule has 6 nitrogen and oxygen atoms in total. The Bertz CT molecular complexity index is 689. The third kappa shape index (κ3) is 2.91. The second-order valence-electron chi connectivity index (χ2n) is 5.71. The fourth-order valence-electron chi connectivity index (χ4n) is 2.08. The third-order valence-corrected chi connectivity index (χ3v) is 3.46. The molecule has 0 fully saturated rings. The van der Waals surface area contributed by atoms with E-state index in [1.54, 1.807) is 12.1 Å². The summed E-state index contributed by atoms with van der Waals surface area (Å²) in [6, 6.07) is 6.05. The Kier molecular flexibility index (Phi) is 4.02. The SMILES string of the molecule is CC(C)(C)c1nn(-c2cccc([N+](=O)[O-])c2)c(Cl)c1CO. The van der Waals surface area contributed by atoms with Gasteiger partial charge in [-0.1, -0.05) is 38.4 Å². The first-order valence-corrected chi connectivity index (χ1v) is 6.77. The minimum Gasteiger partial charge on any atom is -0.391 e. The Morgan fingerprint density at radius 2 is 2.10 bits per heavy atom. The predicted octanol–water partition coefficient (Wildman–Crippen LogP) is 3.22. The lowest BCUT2D eigenvalue weighted by molar-refractivity contribution is -0.384. The fraction of sp³-hybridized carbons (Fsp3) is 0.357. The van der Waals surface area contributed by atoms with Crippen molar-refractivity contribution in [1.29, 1.82) is 0 Å². The first-order valence-electron chi connectivity index (χ1n) is 6.39. The van der Waals surface area contributed by atoms with Crippen LogP contribution in [0.5, 0.6) is 0 Å². The standard InChI is InChI=1S/C14H16ClN3O3/c1-14(2,3)12-11(8-19)13(15)17(16-12)9-5-4-6-10(7-9)18(20)21/h4-7,19H,8H2,1-3H3. The second-order valence-corrected chi connectivity index (χ2v) is 6.07. The van der Waals surface area contributed by atoms with E-state index >= 15 is 0 Å². The number of nitro groups is 1. The van der Waals surface area contributed by atoms with Gasteiger partial charge in [-0.2, -0.15) is 5.10 Å². The number of halogens is 1. The lowest BCUT2D eigenvalue weighted by Crippen LogP contribution is -2.15. The van der Waals surface area contributed by atoms with Crippen LogP contribution in [0.3, 0.4) is 0 Å². The molecule has 1 aromatic heterocycles. The Morgan fingerprint density at radius 3 is 2.57 bits per heavy atom. The Morgan fingerprint density at radius 1 is 1.43 bits per heavy atom. The van der Waals surface area contributed by atoms with Crippen molar-refractivity contribution in [1.82, 2.24) is 9.78 Å². The summed E-state index contributed by atoms with van der Waals surface area (Å²) in [6.45, 7) is 5.65. The van der Waals surface area contributed by atoms with Gasteiger partial charge >= 0.3 is 0 Å². The molecule has 0 bridgehead atoms. The van der Waals surface area contributed by atoms with E-state index in [2.05, 4.69) is 5.10 Å². The molecule has 1 N–H and O–H groups in total. The number of hydrogen-bond donors (Lipinski definition) is 1. The van der Waals surface area contributed by atoms with Gasteiger partial charge in [0.2, 0.25) is 0 Å². The van der Waals surface area contributed by atoms with Crippen LogP contribution < -0.4 is 0 Å². The highest BCUT2D eigenvalue weighted by Crippen LogP contribution is 2.32. The Labute approximate surface area is 127 Å². The zero-order valence-corrected chi connectivity index (χ0v) is 12.8. The zero-order valence-electron chi connectivity index (χ0n) is 12.0. The van der Waals surface area contributed by atoms with Crippen molar-refractivity contribution < 1.29 is 10.0 Å². The van der Waals surface area contributed by atoms with Crippen LogP contribution >= 0.6 is 11.6 Å². The van der Waals surface area contributed by atoms with Gasteiger partial charge in [-0.3, -0.25) is 10.1 Å². The first kappa shape index (κ1) is 15.5. The molecule has 0 unspecified atom stereocenters. The number of hydrogen-bond acceptors (Lipinski definition) is 4. The van der Waals surface area contributed by atoms with Crippen molar-refractivity contribution in [2.75, 3.05) is 0 Å². The average molecular weight is 310 g/mol. The van der Waals surface area contributed by atoms with E-state index in [4.69, 9.17) is 11.6 Å². The molecule has 1 heterocycles. The van der Waals surface area contributed by atoms with Crippen molar-refractivity contribution in [3.8, 4) is 5.69 Å². The lowest BCUT2D eigenvalue weighted by atomic mass is 9.90. The number of nitro benzene ring substituents is 1. The third-order valence-electron chi connectivity index (χ3n) is 3.07. The molecule has 112 valence electrons. The molecule has 0 amide bonds. The zero-order chi connectivity index (χ0) is 15.8. The van der Waals surface area contributed by atoms with Gasteiger partial charge in [-0.05, 0) is 6.07 Å². The molecule has 2 aromatic rings. The molecular weight excluding hydrogens is 294 g/mol. The van der Waals surface area contributed by atoms with Crippen LogP contribution in [-0.4, -0.2) is 19.8 Å². The molecule has 0 aliphatic carbocycles. The van der Waals surface area contributed by atoms with Crippen LogP contribution in [0.1, 0.15) is 32.0 Å². The monoisotopic (exact) mass is 309 g/mol. The number of rotatable bonds is 3. The van der Waals surface area contributed by atoms with Crippen molar-refractivity contribution >= 4 is 17.3 Å². The molecule has 2 rings (SSSR count). The molecule has 0 radical (unpaired) electrons.